The summed E-state index contributed by atoms with van der Waals surface area (Å²) in [5.74, 6) is 0. The molecule has 0 aromatic carbocycles. The van der Waals surface area contributed by atoms with Crippen LogP contribution >= 0.6 is 8.58 Å². The van der Waals surface area contributed by atoms with Crippen molar-refractivity contribution in [2.45, 2.75) is 13.8 Å². The molecule has 1 aliphatic heterocycles. The van der Waals surface area contributed by atoms with Crippen LogP contribution in [-0.2, 0) is 0 Å². The molecule has 0 radical (unpaired) electrons. The van der Waals surface area contributed by atoms with E-state index in [1.807, 2.05) is 0 Å². The van der Waals surface area contributed by atoms with Gasteiger partial charge in [-0.25, -0.2) is 0 Å². The third-order valence-electron chi connectivity index (χ3n) is 1.26. The third kappa shape index (κ3) is 1.45. The minimum absolute atomic E-state index is 1.05. The van der Waals surface area contributed by atoms with E-state index in [1.54, 1.807) is 0 Å². The van der Waals surface area contributed by atoms with Gasteiger partial charge in [0, 0.05) is 0 Å². The lowest BCUT2D eigenvalue weighted by Crippen LogP contribution is -1.83. The predicted octanol–water partition coefficient (Wildman–Crippen LogP) is 2.53. The molecule has 1 aliphatic rings. The minimum atomic E-state index is 1.05. The Morgan fingerprint density at radius 3 is 2.50 bits per heavy atom. The minimum Gasteiger partial charge on any atom is -0.0910 e. The summed E-state index contributed by atoms with van der Waals surface area (Å²) in [4.78, 5) is 0. The molecule has 44 valence electrons. The Kier molecular flexibility index (Phi) is 1.85. The van der Waals surface area contributed by atoms with Crippen molar-refractivity contribution < 1.29 is 0 Å². The summed E-state index contributed by atoms with van der Waals surface area (Å²) in [5.41, 5.74) is 1.52. The molecule has 0 spiro atoms. The molecule has 0 fully saturated rings. The molecule has 0 nitrogen and oxygen atoms in total. The Hall–Kier alpha value is -0.0900. The molecular weight excluding hydrogens is 115 g/mol. The predicted molar refractivity (Wildman–Crippen MR) is 40.7 cm³/mol. The first-order chi connectivity index (χ1) is 3.79. The van der Waals surface area contributed by atoms with Crippen LogP contribution < -0.4 is 0 Å². The van der Waals surface area contributed by atoms with Crippen LogP contribution in [0.25, 0.3) is 0 Å². The van der Waals surface area contributed by atoms with Gasteiger partial charge in [-0.15, -0.1) is 0 Å². The molecule has 1 unspecified atom stereocenters. The molecule has 1 heterocycles. The number of hydrogen-bond donors (Lipinski definition) is 0. The zero-order chi connectivity index (χ0) is 5.98. The van der Waals surface area contributed by atoms with Crippen molar-refractivity contribution in [3.63, 3.8) is 0 Å². The van der Waals surface area contributed by atoms with Crippen molar-refractivity contribution >= 4 is 8.58 Å². The average molecular weight is 126 g/mol. The van der Waals surface area contributed by atoms with Crippen molar-refractivity contribution in [1.29, 1.82) is 0 Å². The van der Waals surface area contributed by atoms with Gasteiger partial charge in [-0.2, -0.15) is 0 Å². The standard InChI is InChI=1S/C7H11P/c1-6-3-4-7(2)8-5-6/h3-4,8H,5H2,1-2H3. The number of hydrogen-bond acceptors (Lipinski definition) is 0. The highest BCUT2D eigenvalue weighted by molar-refractivity contribution is 7.43. The zero-order valence-electron chi connectivity index (χ0n) is 5.36. The second kappa shape index (κ2) is 2.46. The topological polar surface area (TPSA) is 0 Å². The molecular formula is C7H11P. The van der Waals surface area contributed by atoms with Crippen LogP contribution in [0, 0.1) is 0 Å². The lowest BCUT2D eigenvalue weighted by atomic mass is 10.3. The van der Waals surface area contributed by atoms with E-state index in [-0.39, 0.29) is 0 Å². The summed E-state index contributed by atoms with van der Waals surface area (Å²) >= 11 is 0. The van der Waals surface area contributed by atoms with Gasteiger partial charge in [0.25, 0.3) is 0 Å². The third-order valence-corrected chi connectivity index (χ3v) is 2.72. The van der Waals surface area contributed by atoms with E-state index in [0.717, 1.165) is 8.58 Å². The van der Waals surface area contributed by atoms with E-state index in [2.05, 4.69) is 26.0 Å². The summed E-state index contributed by atoms with van der Waals surface area (Å²) in [6.45, 7) is 4.39. The monoisotopic (exact) mass is 126 g/mol. The van der Waals surface area contributed by atoms with Crippen LogP contribution in [0.2, 0.25) is 0 Å². The van der Waals surface area contributed by atoms with Crippen LogP contribution in [-0.4, -0.2) is 6.16 Å². The van der Waals surface area contributed by atoms with E-state index >= 15 is 0 Å². The van der Waals surface area contributed by atoms with Gasteiger partial charge in [0.05, 0.1) is 0 Å². The van der Waals surface area contributed by atoms with E-state index in [1.165, 1.54) is 17.0 Å². The van der Waals surface area contributed by atoms with Crippen molar-refractivity contribution in [2.24, 2.45) is 0 Å². The summed E-state index contributed by atoms with van der Waals surface area (Å²) in [7, 11) is 1.05. The Bertz CT molecular complexity index is 124. The van der Waals surface area contributed by atoms with Gasteiger partial charge in [-0.1, -0.05) is 31.6 Å². The van der Waals surface area contributed by atoms with Gasteiger partial charge in [0.2, 0.25) is 0 Å². The highest BCUT2D eigenvalue weighted by atomic mass is 31.1. The molecule has 0 N–H and O–H groups in total. The fourth-order valence-corrected chi connectivity index (χ4v) is 1.54. The normalized spacial score (nSPS) is 22.8. The molecule has 1 rings (SSSR count). The molecule has 0 bridgehead atoms. The van der Waals surface area contributed by atoms with Crippen molar-refractivity contribution in [2.75, 3.05) is 6.16 Å². The Morgan fingerprint density at radius 2 is 2.12 bits per heavy atom. The first kappa shape index (κ1) is 6.04. The fourth-order valence-electron chi connectivity index (χ4n) is 0.664. The van der Waals surface area contributed by atoms with E-state index in [0.29, 0.717) is 0 Å². The Balaban J connectivity index is 2.65. The summed E-state index contributed by atoms with van der Waals surface area (Å²) in [6.07, 6.45) is 5.73. The average Bonchev–Trinajstić information content (AvgIpc) is 1.77. The van der Waals surface area contributed by atoms with Crippen LogP contribution in [0.4, 0.5) is 0 Å². The van der Waals surface area contributed by atoms with Gasteiger partial charge in [0.1, 0.15) is 0 Å². The summed E-state index contributed by atoms with van der Waals surface area (Å²) in [5, 5.41) is 1.54. The highest BCUT2D eigenvalue weighted by Crippen LogP contribution is 2.28. The molecule has 0 amide bonds. The molecule has 0 aromatic rings. The SMILES string of the molecule is CC1=CC=C(C)PC1. The molecule has 1 atom stereocenters. The molecule has 0 saturated heterocycles. The van der Waals surface area contributed by atoms with Crippen molar-refractivity contribution in [1.82, 2.24) is 0 Å². The second-order valence-corrected chi connectivity index (χ2v) is 3.71. The fraction of sp³-hybridized carbons (Fsp3) is 0.429. The van der Waals surface area contributed by atoms with Crippen molar-refractivity contribution in [3.05, 3.63) is 23.0 Å². The van der Waals surface area contributed by atoms with Gasteiger partial charge in [-0.05, 0) is 20.0 Å². The first-order valence-corrected chi connectivity index (χ1v) is 4.07. The van der Waals surface area contributed by atoms with E-state index in [4.69, 9.17) is 0 Å². The summed E-state index contributed by atoms with van der Waals surface area (Å²) in [6, 6.07) is 0. The first-order valence-electron chi connectivity index (χ1n) is 2.87. The van der Waals surface area contributed by atoms with Gasteiger partial charge < -0.3 is 0 Å². The van der Waals surface area contributed by atoms with Gasteiger partial charge in [-0.3, -0.25) is 0 Å². The smallest absolute Gasteiger partial charge is 0.0104 e. The quantitative estimate of drug-likeness (QED) is 0.437. The Morgan fingerprint density at radius 1 is 1.38 bits per heavy atom. The Labute approximate surface area is 52.5 Å². The van der Waals surface area contributed by atoms with Gasteiger partial charge >= 0.3 is 0 Å². The maximum atomic E-state index is 2.22. The van der Waals surface area contributed by atoms with Crippen LogP contribution in [0.5, 0.6) is 0 Å². The van der Waals surface area contributed by atoms with Crippen LogP contribution in [0.3, 0.4) is 0 Å². The molecule has 0 saturated carbocycles. The molecule has 1 heteroatoms. The maximum Gasteiger partial charge on any atom is -0.0104 e. The summed E-state index contributed by atoms with van der Waals surface area (Å²) < 4.78 is 0. The zero-order valence-corrected chi connectivity index (χ0v) is 6.36. The highest BCUT2D eigenvalue weighted by Gasteiger charge is 1.95. The largest absolute Gasteiger partial charge is 0.0910 e. The molecule has 0 aliphatic carbocycles. The molecule has 0 aromatic heterocycles. The van der Waals surface area contributed by atoms with Crippen LogP contribution in [0.15, 0.2) is 23.0 Å². The maximum absolute atomic E-state index is 2.22. The van der Waals surface area contributed by atoms with E-state index < -0.39 is 0 Å². The molecule has 8 heavy (non-hydrogen) atoms. The van der Waals surface area contributed by atoms with Crippen molar-refractivity contribution in [3.8, 4) is 0 Å². The lowest BCUT2D eigenvalue weighted by molar-refractivity contribution is 1.38. The van der Waals surface area contributed by atoms with Crippen LogP contribution in [0.1, 0.15) is 13.8 Å². The lowest BCUT2D eigenvalue weighted by Gasteiger charge is -2.05. The second-order valence-electron chi connectivity index (χ2n) is 2.22. The van der Waals surface area contributed by atoms with Gasteiger partial charge in [0.15, 0.2) is 0 Å². The number of allylic oxidation sites excluding steroid dienone is 4. The number of rotatable bonds is 0. The van der Waals surface area contributed by atoms with E-state index in [9.17, 15) is 0 Å².